The smallest absolute Gasteiger partial charge is 0.389 e. The molecule has 0 aromatic heterocycles. The molecule has 110 valence electrons. The Hall–Kier alpha value is -1.34. The lowest BCUT2D eigenvalue weighted by Crippen LogP contribution is -2.21. The third kappa shape index (κ3) is 3.61. The second-order valence-corrected chi connectivity index (χ2v) is 5.08. The van der Waals surface area contributed by atoms with Crippen molar-refractivity contribution in [3.05, 3.63) is 29.3 Å². The van der Waals surface area contributed by atoms with Crippen LogP contribution in [0.1, 0.15) is 24.0 Å². The number of benzene rings is 1. The molecule has 1 unspecified atom stereocenters. The van der Waals surface area contributed by atoms with E-state index in [-0.39, 0.29) is 16.7 Å². The van der Waals surface area contributed by atoms with Gasteiger partial charge in [-0.15, -0.1) is 0 Å². The van der Waals surface area contributed by atoms with Crippen molar-refractivity contribution in [2.75, 3.05) is 18.5 Å². The van der Waals surface area contributed by atoms with Crippen LogP contribution in [0.15, 0.2) is 18.2 Å². The Balaban J connectivity index is 2.17. The predicted molar refractivity (Wildman–Crippen MR) is 74.8 cm³/mol. The van der Waals surface area contributed by atoms with Gasteiger partial charge in [-0.3, -0.25) is 0 Å². The highest BCUT2D eigenvalue weighted by Gasteiger charge is 2.31. The summed E-state index contributed by atoms with van der Waals surface area (Å²) < 4.78 is 43.5. The van der Waals surface area contributed by atoms with Crippen LogP contribution in [-0.2, 0) is 10.9 Å². The minimum atomic E-state index is -4.41. The lowest BCUT2D eigenvalue weighted by molar-refractivity contribution is -0.137. The number of alkyl halides is 3. The average molecular weight is 304 g/mol. The first kappa shape index (κ1) is 15.1. The van der Waals surface area contributed by atoms with Crippen molar-refractivity contribution in [3.8, 4) is 0 Å². The van der Waals surface area contributed by atoms with Crippen molar-refractivity contribution < 1.29 is 17.9 Å². The molecular weight excluding hydrogens is 289 g/mol. The molecule has 1 saturated heterocycles. The second-order valence-electron chi connectivity index (χ2n) is 4.64. The molecule has 1 atom stereocenters. The van der Waals surface area contributed by atoms with Crippen molar-refractivity contribution in [2.24, 2.45) is 5.73 Å². The molecule has 0 aliphatic carbocycles. The van der Waals surface area contributed by atoms with Crippen LogP contribution >= 0.6 is 12.2 Å². The van der Waals surface area contributed by atoms with Crippen LogP contribution in [0, 0.1) is 0 Å². The molecule has 3 N–H and O–H groups in total. The molecule has 0 amide bonds. The number of nitrogens with two attached hydrogens (primary N) is 1. The molecule has 0 spiro atoms. The summed E-state index contributed by atoms with van der Waals surface area (Å²) >= 11 is 4.82. The van der Waals surface area contributed by atoms with Gasteiger partial charge in [-0.25, -0.2) is 0 Å². The van der Waals surface area contributed by atoms with Crippen LogP contribution < -0.4 is 11.1 Å². The van der Waals surface area contributed by atoms with Gasteiger partial charge in [0.05, 0.1) is 11.7 Å². The zero-order valence-electron chi connectivity index (χ0n) is 10.7. The monoisotopic (exact) mass is 304 g/mol. The van der Waals surface area contributed by atoms with Crippen molar-refractivity contribution in [1.29, 1.82) is 0 Å². The number of nitrogens with one attached hydrogen (secondary N) is 1. The average Bonchev–Trinajstić information content (AvgIpc) is 2.88. The minimum absolute atomic E-state index is 0.0639. The molecule has 0 saturated carbocycles. The summed E-state index contributed by atoms with van der Waals surface area (Å²) in [5.41, 5.74) is 5.44. The van der Waals surface area contributed by atoms with Crippen molar-refractivity contribution >= 4 is 22.9 Å². The van der Waals surface area contributed by atoms with E-state index in [1.54, 1.807) is 0 Å². The van der Waals surface area contributed by atoms with E-state index in [1.807, 2.05) is 0 Å². The number of halogens is 3. The van der Waals surface area contributed by atoms with Crippen molar-refractivity contribution in [3.63, 3.8) is 0 Å². The summed E-state index contributed by atoms with van der Waals surface area (Å²) in [6, 6.07) is 3.34. The van der Waals surface area contributed by atoms with E-state index in [9.17, 15) is 13.2 Å². The highest BCUT2D eigenvalue weighted by Crippen LogP contribution is 2.32. The van der Waals surface area contributed by atoms with Gasteiger partial charge in [0, 0.05) is 24.4 Å². The van der Waals surface area contributed by atoms with E-state index in [0.29, 0.717) is 12.2 Å². The molecule has 0 radical (unpaired) electrons. The molecule has 1 fully saturated rings. The molecule has 7 heteroatoms. The highest BCUT2D eigenvalue weighted by atomic mass is 32.1. The summed E-state index contributed by atoms with van der Waals surface area (Å²) in [6.45, 7) is 1.25. The fourth-order valence-corrected chi connectivity index (χ4v) is 2.28. The Morgan fingerprint density at radius 1 is 1.45 bits per heavy atom. The van der Waals surface area contributed by atoms with Crippen LogP contribution in [-0.4, -0.2) is 24.2 Å². The summed E-state index contributed by atoms with van der Waals surface area (Å²) in [7, 11) is 0. The number of hydrogen-bond acceptors (Lipinski definition) is 3. The second kappa shape index (κ2) is 5.97. The fourth-order valence-electron chi connectivity index (χ4n) is 2.11. The summed E-state index contributed by atoms with van der Waals surface area (Å²) in [6.07, 6.45) is -2.39. The summed E-state index contributed by atoms with van der Waals surface area (Å²) in [5, 5.41) is 3.06. The highest BCUT2D eigenvalue weighted by molar-refractivity contribution is 7.80. The van der Waals surface area contributed by atoms with Crippen LogP contribution in [0.25, 0.3) is 0 Å². The molecule has 1 heterocycles. The Kier molecular flexibility index (Phi) is 4.49. The van der Waals surface area contributed by atoms with E-state index in [4.69, 9.17) is 22.7 Å². The van der Waals surface area contributed by atoms with Crippen LogP contribution in [0.5, 0.6) is 0 Å². The first-order valence-electron chi connectivity index (χ1n) is 6.24. The zero-order valence-corrected chi connectivity index (χ0v) is 11.5. The summed E-state index contributed by atoms with van der Waals surface area (Å²) in [5.74, 6) is 0. The van der Waals surface area contributed by atoms with Gasteiger partial charge in [0.25, 0.3) is 0 Å². The van der Waals surface area contributed by atoms with E-state index >= 15 is 0 Å². The lowest BCUT2D eigenvalue weighted by atomic mass is 10.1. The normalized spacial score (nSPS) is 19.1. The standard InChI is InChI=1S/C13H15F3N2OS/c14-13(15,16)8-3-4-11(10(6-8)12(17)20)18-7-9-2-1-5-19-9/h3-4,6,9,18H,1-2,5,7H2,(H2,17,20). The van der Waals surface area contributed by atoms with E-state index in [2.05, 4.69) is 5.32 Å². The zero-order chi connectivity index (χ0) is 14.8. The maximum Gasteiger partial charge on any atom is 0.416 e. The maximum absolute atomic E-state index is 12.7. The van der Waals surface area contributed by atoms with Gasteiger partial charge in [0.1, 0.15) is 4.99 Å². The van der Waals surface area contributed by atoms with Crippen LogP contribution in [0.2, 0.25) is 0 Å². The molecule has 1 aliphatic heterocycles. The number of rotatable bonds is 4. The Morgan fingerprint density at radius 3 is 2.75 bits per heavy atom. The van der Waals surface area contributed by atoms with Gasteiger partial charge in [-0.2, -0.15) is 13.2 Å². The Labute approximate surface area is 120 Å². The molecule has 20 heavy (non-hydrogen) atoms. The van der Waals surface area contributed by atoms with E-state index in [0.717, 1.165) is 31.6 Å². The Bertz CT molecular complexity index is 499. The number of ether oxygens (including phenoxy) is 1. The molecular formula is C13H15F3N2OS. The van der Waals surface area contributed by atoms with Gasteiger partial charge in [-0.1, -0.05) is 12.2 Å². The quantitative estimate of drug-likeness (QED) is 0.840. The first-order chi connectivity index (χ1) is 9.38. The molecule has 3 nitrogen and oxygen atoms in total. The SMILES string of the molecule is NC(=S)c1cc(C(F)(F)F)ccc1NCC1CCCO1. The van der Waals surface area contributed by atoms with Gasteiger partial charge in [-0.05, 0) is 31.0 Å². The molecule has 1 aromatic rings. The largest absolute Gasteiger partial charge is 0.416 e. The van der Waals surface area contributed by atoms with Crippen molar-refractivity contribution in [2.45, 2.75) is 25.1 Å². The van der Waals surface area contributed by atoms with Gasteiger partial charge < -0.3 is 15.8 Å². The molecule has 1 aliphatic rings. The lowest BCUT2D eigenvalue weighted by Gasteiger charge is -2.16. The van der Waals surface area contributed by atoms with Crippen molar-refractivity contribution in [1.82, 2.24) is 0 Å². The fraction of sp³-hybridized carbons (Fsp3) is 0.462. The van der Waals surface area contributed by atoms with E-state index < -0.39 is 11.7 Å². The third-order valence-electron chi connectivity index (χ3n) is 3.16. The van der Waals surface area contributed by atoms with Gasteiger partial charge >= 0.3 is 6.18 Å². The van der Waals surface area contributed by atoms with Crippen LogP contribution in [0.4, 0.5) is 18.9 Å². The number of hydrogen-bond donors (Lipinski definition) is 2. The minimum Gasteiger partial charge on any atom is -0.389 e. The van der Waals surface area contributed by atoms with Gasteiger partial charge in [0.2, 0.25) is 0 Å². The number of thiocarbonyl (C=S) groups is 1. The Morgan fingerprint density at radius 2 is 2.20 bits per heavy atom. The predicted octanol–water partition coefficient (Wildman–Crippen LogP) is 2.93. The topological polar surface area (TPSA) is 47.3 Å². The molecule has 2 rings (SSSR count). The van der Waals surface area contributed by atoms with Crippen LogP contribution in [0.3, 0.4) is 0 Å². The van der Waals surface area contributed by atoms with E-state index in [1.165, 1.54) is 6.07 Å². The van der Waals surface area contributed by atoms with Gasteiger partial charge in [0.15, 0.2) is 0 Å². The maximum atomic E-state index is 12.7. The summed E-state index contributed by atoms with van der Waals surface area (Å²) in [4.78, 5) is -0.0639. The number of anilines is 1. The first-order valence-corrected chi connectivity index (χ1v) is 6.65. The molecule has 1 aromatic carbocycles. The molecule has 0 bridgehead atoms. The third-order valence-corrected chi connectivity index (χ3v) is 3.38.